The number of nitrogens with zero attached hydrogens (tertiary/aromatic N) is 1. The Hall–Kier alpha value is -2.10. The van der Waals surface area contributed by atoms with E-state index in [0.29, 0.717) is 15.9 Å². The Balaban J connectivity index is 1.74. The molecular weight excluding hydrogens is 376 g/mol. The van der Waals surface area contributed by atoms with Gasteiger partial charge in [0.2, 0.25) is 0 Å². The van der Waals surface area contributed by atoms with E-state index in [2.05, 4.69) is 17.5 Å². The number of carbonyl (C=O) groups excluding carboxylic acids is 1. The first-order valence-electron chi connectivity index (χ1n) is 8.88. The molecule has 1 amide bonds. The average molecular weight is 399 g/mol. The van der Waals surface area contributed by atoms with Crippen molar-refractivity contribution in [2.45, 2.75) is 24.5 Å². The number of carbonyl (C=O) groups is 1. The number of hydrogen-bond acceptors (Lipinski definition) is 5. The second-order valence-corrected chi connectivity index (χ2v) is 9.30. The van der Waals surface area contributed by atoms with Gasteiger partial charge >= 0.3 is 0 Å². The highest BCUT2D eigenvalue weighted by Crippen LogP contribution is 2.45. The molecule has 0 bridgehead atoms. The van der Waals surface area contributed by atoms with Crippen molar-refractivity contribution < 1.29 is 9.53 Å². The first-order chi connectivity index (χ1) is 13.1. The standard InChI is InChI=1S/C21H22N2O2S2/c1-14(2)19(25-18-9-4-3-6-16(18)13-22)20(24)23-17-8-5-7-15(12-17)21-26-10-11-27-21/h3-9,12,14,19,21H,10-11H2,1-2H3,(H,23,24). The zero-order valence-electron chi connectivity index (χ0n) is 15.3. The third kappa shape index (κ3) is 5.00. The van der Waals surface area contributed by atoms with E-state index in [1.165, 1.54) is 5.56 Å². The molecule has 4 nitrogen and oxygen atoms in total. The Morgan fingerprint density at radius 2 is 1.93 bits per heavy atom. The molecule has 27 heavy (non-hydrogen) atoms. The van der Waals surface area contributed by atoms with Crippen LogP contribution in [0.3, 0.4) is 0 Å². The van der Waals surface area contributed by atoms with Crippen molar-refractivity contribution in [1.29, 1.82) is 5.26 Å². The number of anilines is 1. The molecule has 3 rings (SSSR count). The van der Waals surface area contributed by atoms with Crippen LogP contribution >= 0.6 is 23.5 Å². The van der Waals surface area contributed by atoms with Gasteiger partial charge < -0.3 is 10.1 Å². The molecule has 1 saturated heterocycles. The first-order valence-corrected chi connectivity index (χ1v) is 11.0. The van der Waals surface area contributed by atoms with Gasteiger partial charge in [-0.2, -0.15) is 5.26 Å². The van der Waals surface area contributed by atoms with Gasteiger partial charge in [0.25, 0.3) is 5.91 Å². The monoisotopic (exact) mass is 398 g/mol. The number of amides is 1. The molecule has 6 heteroatoms. The Morgan fingerprint density at radius 1 is 1.19 bits per heavy atom. The molecule has 1 fully saturated rings. The zero-order valence-corrected chi connectivity index (χ0v) is 17.0. The number of para-hydroxylation sites is 1. The molecule has 0 saturated carbocycles. The van der Waals surface area contributed by atoms with Crippen molar-refractivity contribution in [2.24, 2.45) is 5.92 Å². The molecule has 2 aromatic rings. The molecule has 1 aliphatic heterocycles. The maximum absolute atomic E-state index is 12.9. The number of ether oxygens (including phenoxy) is 1. The van der Waals surface area contributed by atoms with E-state index in [0.717, 1.165) is 17.2 Å². The third-order valence-corrected chi connectivity index (χ3v) is 7.28. The maximum atomic E-state index is 12.9. The number of thioether (sulfide) groups is 2. The van der Waals surface area contributed by atoms with Gasteiger partial charge in [-0.25, -0.2) is 0 Å². The SMILES string of the molecule is CC(C)C(Oc1ccccc1C#N)C(=O)Nc1cccc(C2SCCS2)c1. The van der Waals surface area contributed by atoms with Crippen LogP contribution < -0.4 is 10.1 Å². The molecule has 1 atom stereocenters. The number of nitriles is 1. The summed E-state index contributed by atoms with van der Waals surface area (Å²) >= 11 is 3.87. The van der Waals surface area contributed by atoms with E-state index in [4.69, 9.17) is 4.74 Å². The van der Waals surface area contributed by atoms with Crippen LogP contribution in [-0.2, 0) is 4.79 Å². The molecule has 0 aromatic heterocycles. The fourth-order valence-electron chi connectivity index (χ4n) is 2.82. The summed E-state index contributed by atoms with van der Waals surface area (Å²) in [7, 11) is 0. The number of benzene rings is 2. The molecule has 1 N–H and O–H groups in total. The van der Waals surface area contributed by atoms with Crippen LogP contribution in [0.1, 0.15) is 29.6 Å². The van der Waals surface area contributed by atoms with E-state index >= 15 is 0 Å². The molecular formula is C21H22N2O2S2. The van der Waals surface area contributed by atoms with E-state index in [-0.39, 0.29) is 11.8 Å². The Morgan fingerprint density at radius 3 is 2.63 bits per heavy atom. The van der Waals surface area contributed by atoms with Gasteiger partial charge in [-0.3, -0.25) is 4.79 Å². The van der Waals surface area contributed by atoms with E-state index in [9.17, 15) is 10.1 Å². The van der Waals surface area contributed by atoms with Gasteiger partial charge in [0.15, 0.2) is 6.10 Å². The highest BCUT2D eigenvalue weighted by atomic mass is 32.2. The zero-order chi connectivity index (χ0) is 19.2. The minimum Gasteiger partial charge on any atom is -0.479 e. The van der Waals surface area contributed by atoms with E-state index in [1.54, 1.807) is 24.3 Å². The van der Waals surface area contributed by atoms with Crippen LogP contribution in [-0.4, -0.2) is 23.5 Å². The van der Waals surface area contributed by atoms with Crippen molar-refractivity contribution in [1.82, 2.24) is 0 Å². The molecule has 0 aliphatic carbocycles. The summed E-state index contributed by atoms with van der Waals surface area (Å²) in [5, 5.41) is 12.2. The fraction of sp³-hybridized carbons (Fsp3) is 0.333. The summed E-state index contributed by atoms with van der Waals surface area (Å²) in [6, 6.07) is 17.1. The second-order valence-electron chi connectivity index (χ2n) is 6.58. The topological polar surface area (TPSA) is 62.1 Å². The Bertz CT molecular complexity index is 842. The molecule has 0 spiro atoms. The summed E-state index contributed by atoms with van der Waals surface area (Å²) in [4.78, 5) is 12.9. The van der Waals surface area contributed by atoms with E-state index in [1.807, 2.05) is 55.6 Å². The molecule has 1 unspecified atom stereocenters. The smallest absolute Gasteiger partial charge is 0.265 e. The van der Waals surface area contributed by atoms with Crippen molar-refractivity contribution in [3.63, 3.8) is 0 Å². The average Bonchev–Trinajstić information content (AvgIpc) is 3.21. The quantitative estimate of drug-likeness (QED) is 0.735. The van der Waals surface area contributed by atoms with E-state index < -0.39 is 6.10 Å². The Labute approximate surface area is 168 Å². The van der Waals surface area contributed by atoms with Gasteiger partial charge in [-0.05, 0) is 35.7 Å². The number of rotatable bonds is 6. The first kappa shape index (κ1) is 19.7. The lowest BCUT2D eigenvalue weighted by molar-refractivity contribution is -0.124. The van der Waals surface area contributed by atoms with Crippen molar-refractivity contribution in [2.75, 3.05) is 16.8 Å². The van der Waals surface area contributed by atoms with Crippen LogP contribution in [0.25, 0.3) is 0 Å². The lowest BCUT2D eigenvalue weighted by atomic mass is 10.1. The third-order valence-electron chi connectivity index (χ3n) is 4.17. The van der Waals surface area contributed by atoms with Crippen LogP contribution in [0.4, 0.5) is 5.69 Å². The van der Waals surface area contributed by atoms with Crippen LogP contribution in [0, 0.1) is 17.2 Å². The predicted octanol–water partition coefficient (Wildman–Crippen LogP) is 5.08. The summed E-state index contributed by atoms with van der Waals surface area (Å²) in [5.74, 6) is 2.50. The van der Waals surface area contributed by atoms with Gasteiger partial charge in [0, 0.05) is 17.2 Å². The van der Waals surface area contributed by atoms with Crippen LogP contribution in [0.5, 0.6) is 5.75 Å². The highest BCUT2D eigenvalue weighted by molar-refractivity contribution is 8.19. The fourth-order valence-corrected chi connectivity index (χ4v) is 5.66. The number of nitrogens with one attached hydrogen (secondary N) is 1. The maximum Gasteiger partial charge on any atom is 0.265 e. The summed E-state index contributed by atoms with van der Waals surface area (Å²) in [6.07, 6.45) is -0.682. The molecule has 0 radical (unpaired) electrons. The molecule has 1 heterocycles. The Kier molecular flexibility index (Phi) is 6.70. The lowest BCUT2D eigenvalue weighted by Gasteiger charge is -2.22. The van der Waals surface area contributed by atoms with Gasteiger partial charge in [-0.1, -0.05) is 38.1 Å². The van der Waals surface area contributed by atoms with Crippen LogP contribution in [0.15, 0.2) is 48.5 Å². The molecule has 140 valence electrons. The predicted molar refractivity (Wildman–Crippen MR) is 113 cm³/mol. The summed E-state index contributed by atoms with van der Waals surface area (Å²) in [5.41, 5.74) is 2.42. The largest absolute Gasteiger partial charge is 0.479 e. The lowest BCUT2D eigenvalue weighted by Crippen LogP contribution is -2.37. The van der Waals surface area contributed by atoms with Crippen LogP contribution in [0.2, 0.25) is 0 Å². The summed E-state index contributed by atoms with van der Waals surface area (Å²) in [6.45, 7) is 3.86. The van der Waals surface area contributed by atoms with Gasteiger partial charge in [0.1, 0.15) is 11.8 Å². The van der Waals surface area contributed by atoms with Crippen molar-refractivity contribution in [3.8, 4) is 11.8 Å². The van der Waals surface area contributed by atoms with Crippen molar-refractivity contribution in [3.05, 3.63) is 59.7 Å². The highest BCUT2D eigenvalue weighted by Gasteiger charge is 2.26. The number of hydrogen-bond donors (Lipinski definition) is 1. The minimum absolute atomic E-state index is 0.0409. The van der Waals surface area contributed by atoms with Gasteiger partial charge in [0.05, 0.1) is 10.1 Å². The molecule has 1 aliphatic rings. The molecule has 2 aromatic carbocycles. The normalized spacial score (nSPS) is 15.3. The summed E-state index contributed by atoms with van der Waals surface area (Å²) < 4.78 is 6.35. The minimum atomic E-state index is -0.682. The second kappa shape index (κ2) is 9.20. The van der Waals surface area contributed by atoms with Gasteiger partial charge in [-0.15, -0.1) is 23.5 Å². The van der Waals surface area contributed by atoms with Crippen molar-refractivity contribution >= 4 is 35.1 Å².